The fourth-order valence-electron chi connectivity index (χ4n) is 2.66. The summed E-state index contributed by atoms with van der Waals surface area (Å²) in [6, 6.07) is 8.00. The highest BCUT2D eigenvalue weighted by molar-refractivity contribution is 9.10. The number of hydrogen-bond donors (Lipinski definition) is 1. The summed E-state index contributed by atoms with van der Waals surface area (Å²) in [7, 11) is 0. The maximum Gasteiger partial charge on any atom is 0.303 e. The Balaban J connectivity index is 1.97. The molecule has 0 aromatic heterocycles. The number of nitriles is 1. The largest absolute Gasteiger partial charge is 0.481 e. The van der Waals surface area contributed by atoms with Gasteiger partial charge in [0.25, 0.3) is 0 Å². The van der Waals surface area contributed by atoms with E-state index in [0.29, 0.717) is 11.5 Å². The van der Waals surface area contributed by atoms with Crippen LogP contribution in [-0.4, -0.2) is 24.2 Å². The summed E-state index contributed by atoms with van der Waals surface area (Å²) in [6.45, 7) is 1.78. The van der Waals surface area contributed by atoms with Crippen LogP contribution in [-0.2, 0) is 4.79 Å². The molecular formula is C15H17BrN2O2. The number of anilines is 1. The number of rotatable bonds is 4. The summed E-state index contributed by atoms with van der Waals surface area (Å²) in [5.41, 5.74) is 1.66. The Bertz CT molecular complexity index is 531. The number of halogens is 1. The summed E-state index contributed by atoms with van der Waals surface area (Å²) >= 11 is 3.38. The Morgan fingerprint density at radius 2 is 2.15 bits per heavy atom. The highest BCUT2D eigenvalue weighted by Gasteiger charge is 2.21. The van der Waals surface area contributed by atoms with Crippen molar-refractivity contribution in [3.8, 4) is 6.07 Å². The molecule has 1 aliphatic heterocycles. The van der Waals surface area contributed by atoms with Gasteiger partial charge in [-0.25, -0.2) is 0 Å². The molecule has 2 rings (SSSR count). The molecule has 0 saturated carbocycles. The van der Waals surface area contributed by atoms with Gasteiger partial charge in [-0.3, -0.25) is 4.79 Å². The van der Waals surface area contributed by atoms with Crippen molar-refractivity contribution in [1.29, 1.82) is 5.26 Å². The van der Waals surface area contributed by atoms with Crippen LogP contribution in [0.4, 0.5) is 5.69 Å². The molecule has 1 aromatic rings. The molecule has 1 aliphatic rings. The Morgan fingerprint density at radius 1 is 1.45 bits per heavy atom. The van der Waals surface area contributed by atoms with Gasteiger partial charge in [-0.2, -0.15) is 5.26 Å². The molecule has 1 heterocycles. The predicted octanol–water partition coefficient (Wildman–Crippen LogP) is 3.40. The lowest BCUT2D eigenvalue weighted by atomic mass is 9.91. The number of benzene rings is 1. The minimum atomic E-state index is -0.716. The van der Waals surface area contributed by atoms with Crippen LogP contribution in [0.15, 0.2) is 22.7 Å². The van der Waals surface area contributed by atoms with Gasteiger partial charge in [0, 0.05) is 24.0 Å². The Kier molecular flexibility index (Phi) is 5.02. The molecular weight excluding hydrogens is 320 g/mol. The van der Waals surface area contributed by atoms with Crippen molar-refractivity contribution in [3.05, 3.63) is 28.2 Å². The number of carboxylic acids is 1. The third kappa shape index (κ3) is 3.73. The topological polar surface area (TPSA) is 64.3 Å². The maximum atomic E-state index is 10.6. The first-order valence-electron chi connectivity index (χ1n) is 6.76. The van der Waals surface area contributed by atoms with Crippen LogP contribution >= 0.6 is 15.9 Å². The highest BCUT2D eigenvalue weighted by atomic mass is 79.9. The third-order valence-electron chi connectivity index (χ3n) is 3.80. The number of nitrogens with zero attached hydrogens (tertiary/aromatic N) is 2. The van der Waals surface area contributed by atoms with Gasteiger partial charge < -0.3 is 10.0 Å². The first-order chi connectivity index (χ1) is 9.60. The van der Waals surface area contributed by atoms with Gasteiger partial charge in [-0.05, 0) is 43.4 Å². The van der Waals surface area contributed by atoms with Crippen LogP contribution in [0, 0.1) is 17.2 Å². The van der Waals surface area contributed by atoms with Gasteiger partial charge in [-0.1, -0.05) is 15.9 Å². The molecule has 4 nitrogen and oxygen atoms in total. The lowest BCUT2D eigenvalue weighted by Gasteiger charge is -2.34. The van der Waals surface area contributed by atoms with E-state index in [1.807, 2.05) is 18.2 Å². The van der Waals surface area contributed by atoms with Crippen LogP contribution in [0.5, 0.6) is 0 Å². The first-order valence-corrected chi connectivity index (χ1v) is 7.56. The van der Waals surface area contributed by atoms with E-state index in [1.165, 1.54) is 0 Å². The molecule has 0 bridgehead atoms. The SMILES string of the molecule is N#Cc1cc(Br)ccc1N1CCC(CCC(=O)O)CC1. The van der Waals surface area contributed by atoms with E-state index >= 15 is 0 Å². The van der Waals surface area contributed by atoms with Crippen molar-refractivity contribution in [2.75, 3.05) is 18.0 Å². The summed E-state index contributed by atoms with van der Waals surface area (Å²) in [5.74, 6) is -0.226. The van der Waals surface area contributed by atoms with Crippen LogP contribution < -0.4 is 4.90 Å². The number of carboxylic acid groups (broad SMARTS) is 1. The first kappa shape index (κ1) is 14.9. The van der Waals surface area contributed by atoms with Crippen molar-refractivity contribution in [1.82, 2.24) is 0 Å². The molecule has 0 aliphatic carbocycles. The molecule has 0 atom stereocenters. The van der Waals surface area contributed by atoms with Crippen molar-refractivity contribution < 1.29 is 9.90 Å². The van der Waals surface area contributed by atoms with E-state index in [9.17, 15) is 10.1 Å². The summed E-state index contributed by atoms with van der Waals surface area (Å²) in [6.07, 6.45) is 3.00. The zero-order chi connectivity index (χ0) is 14.5. The fourth-order valence-corrected chi connectivity index (χ4v) is 3.02. The molecule has 1 aromatic carbocycles. The molecule has 0 radical (unpaired) electrons. The summed E-state index contributed by atoms with van der Waals surface area (Å²) in [5, 5.41) is 17.9. The van der Waals surface area contributed by atoms with Crippen LogP contribution in [0.25, 0.3) is 0 Å². The van der Waals surface area contributed by atoms with E-state index in [-0.39, 0.29) is 6.42 Å². The van der Waals surface area contributed by atoms with Gasteiger partial charge in [0.05, 0.1) is 11.3 Å². The van der Waals surface area contributed by atoms with E-state index in [2.05, 4.69) is 26.9 Å². The van der Waals surface area contributed by atoms with E-state index in [0.717, 1.165) is 42.5 Å². The smallest absolute Gasteiger partial charge is 0.303 e. The maximum absolute atomic E-state index is 10.6. The van der Waals surface area contributed by atoms with Gasteiger partial charge >= 0.3 is 5.97 Å². The number of aliphatic carboxylic acids is 1. The lowest BCUT2D eigenvalue weighted by Crippen LogP contribution is -2.34. The number of hydrogen-bond acceptors (Lipinski definition) is 3. The number of carbonyl (C=O) groups is 1. The minimum absolute atomic E-state index is 0.256. The van der Waals surface area contributed by atoms with Crippen molar-refractivity contribution >= 4 is 27.6 Å². The molecule has 0 amide bonds. The Morgan fingerprint density at radius 3 is 2.75 bits per heavy atom. The van der Waals surface area contributed by atoms with Crippen molar-refractivity contribution in [2.24, 2.45) is 5.92 Å². The van der Waals surface area contributed by atoms with E-state index in [1.54, 1.807) is 0 Å². The third-order valence-corrected chi connectivity index (χ3v) is 4.29. The van der Waals surface area contributed by atoms with Gasteiger partial charge in [0.1, 0.15) is 6.07 Å². The highest BCUT2D eigenvalue weighted by Crippen LogP contribution is 2.29. The summed E-state index contributed by atoms with van der Waals surface area (Å²) in [4.78, 5) is 12.8. The van der Waals surface area contributed by atoms with Crippen molar-refractivity contribution in [2.45, 2.75) is 25.7 Å². The quantitative estimate of drug-likeness (QED) is 0.915. The second kappa shape index (κ2) is 6.76. The van der Waals surface area contributed by atoms with Gasteiger partial charge in [0.15, 0.2) is 0 Å². The van der Waals surface area contributed by atoms with Gasteiger partial charge in [0.2, 0.25) is 0 Å². The fraction of sp³-hybridized carbons (Fsp3) is 0.467. The second-order valence-corrected chi connectivity index (χ2v) is 6.05. The van der Waals surface area contributed by atoms with Crippen LogP contribution in [0.2, 0.25) is 0 Å². The molecule has 0 unspecified atom stereocenters. The van der Waals surface area contributed by atoms with Crippen molar-refractivity contribution in [3.63, 3.8) is 0 Å². The molecule has 20 heavy (non-hydrogen) atoms. The van der Waals surface area contributed by atoms with E-state index < -0.39 is 5.97 Å². The normalized spacial score (nSPS) is 15.9. The second-order valence-electron chi connectivity index (χ2n) is 5.14. The molecule has 1 saturated heterocycles. The number of piperidine rings is 1. The molecule has 1 fully saturated rings. The van der Waals surface area contributed by atoms with Crippen LogP contribution in [0.3, 0.4) is 0 Å². The standard InChI is InChI=1S/C15H17BrN2O2/c16-13-2-3-14(12(9-13)10-17)18-7-5-11(6-8-18)1-4-15(19)20/h2-3,9,11H,1,4-8H2,(H,19,20). The molecule has 5 heteroatoms. The Hall–Kier alpha value is -1.54. The Labute approximate surface area is 127 Å². The monoisotopic (exact) mass is 336 g/mol. The molecule has 106 valence electrons. The lowest BCUT2D eigenvalue weighted by molar-refractivity contribution is -0.137. The van der Waals surface area contributed by atoms with Crippen LogP contribution in [0.1, 0.15) is 31.2 Å². The van der Waals surface area contributed by atoms with E-state index in [4.69, 9.17) is 5.11 Å². The minimum Gasteiger partial charge on any atom is -0.481 e. The zero-order valence-corrected chi connectivity index (χ0v) is 12.8. The zero-order valence-electron chi connectivity index (χ0n) is 11.2. The molecule has 1 N–H and O–H groups in total. The molecule has 0 spiro atoms. The predicted molar refractivity (Wildman–Crippen MR) is 80.7 cm³/mol. The average Bonchev–Trinajstić information content (AvgIpc) is 2.45. The summed E-state index contributed by atoms with van der Waals surface area (Å²) < 4.78 is 0.911. The van der Waals surface area contributed by atoms with Gasteiger partial charge in [-0.15, -0.1) is 0 Å². The average molecular weight is 337 g/mol.